The first-order chi connectivity index (χ1) is 8.08. The van der Waals surface area contributed by atoms with Crippen molar-refractivity contribution in [2.45, 2.75) is 0 Å². The molecule has 8 heteroatoms. The Balaban J connectivity index is 2.51. The van der Waals surface area contributed by atoms with Crippen LogP contribution in [0, 0.1) is 0 Å². The topological polar surface area (TPSA) is 89.9 Å². The molecule has 2 heterocycles. The molecule has 7 nitrogen and oxygen atoms in total. The molecule has 0 radical (unpaired) electrons. The molecule has 0 unspecified atom stereocenters. The predicted octanol–water partition coefficient (Wildman–Crippen LogP) is -0.0142. The van der Waals surface area contributed by atoms with E-state index in [1.165, 1.54) is 30.2 Å². The van der Waals surface area contributed by atoms with Gasteiger partial charge in [-0.3, -0.25) is 5.01 Å². The molecule has 2 rings (SSSR count). The molecule has 0 amide bonds. The Morgan fingerprint density at radius 2 is 2.24 bits per heavy atom. The lowest BCUT2D eigenvalue weighted by atomic mass is 10.4. The number of pyridine rings is 1. The van der Waals surface area contributed by atoms with E-state index in [4.69, 9.17) is 17.4 Å². The highest BCUT2D eigenvalue weighted by Gasteiger charge is 2.06. The minimum absolute atomic E-state index is 0.133. The van der Waals surface area contributed by atoms with E-state index in [2.05, 4.69) is 15.0 Å². The maximum Gasteiger partial charge on any atom is 0.357 e. The van der Waals surface area contributed by atoms with Gasteiger partial charge in [-0.05, 0) is 6.07 Å². The number of nitrogens with two attached hydrogens (primary N) is 1. The quantitative estimate of drug-likeness (QED) is 0.597. The lowest BCUT2D eigenvalue weighted by Crippen LogP contribution is -2.32. The van der Waals surface area contributed by atoms with Crippen LogP contribution >= 0.6 is 11.6 Å². The van der Waals surface area contributed by atoms with Gasteiger partial charge in [0.2, 0.25) is 5.95 Å². The predicted molar refractivity (Wildman–Crippen MR) is 63.0 cm³/mol. The Hall–Kier alpha value is -1.99. The van der Waals surface area contributed by atoms with Crippen molar-refractivity contribution in [1.29, 1.82) is 0 Å². The van der Waals surface area contributed by atoms with Crippen LogP contribution in [0.15, 0.2) is 29.5 Å². The molecule has 0 spiro atoms. The van der Waals surface area contributed by atoms with Crippen molar-refractivity contribution in [2.24, 2.45) is 5.84 Å². The summed E-state index contributed by atoms with van der Waals surface area (Å²) in [4.78, 5) is 23.3. The first-order valence-electron chi connectivity index (χ1n) is 4.64. The third kappa shape index (κ3) is 2.40. The van der Waals surface area contributed by atoms with Crippen LogP contribution in [-0.4, -0.2) is 26.6 Å². The summed E-state index contributed by atoms with van der Waals surface area (Å²) in [6.45, 7) is 0. The van der Waals surface area contributed by atoms with Gasteiger partial charge in [-0.1, -0.05) is 11.6 Å². The van der Waals surface area contributed by atoms with Gasteiger partial charge in [-0.15, -0.1) is 0 Å². The molecule has 0 aliphatic heterocycles. The molecule has 0 saturated carbocycles. The summed E-state index contributed by atoms with van der Waals surface area (Å²) in [7, 11) is 1.54. The van der Waals surface area contributed by atoms with Crippen molar-refractivity contribution in [2.75, 3.05) is 12.1 Å². The monoisotopic (exact) mass is 252 g/mol. The first kappa shape index (κ1) is 11.5. The standard InChI is InChI=1S/C9H9ClN6O/c1-15(11)8-13-5-16(9(17)14-8)7-4-6(10)2-3-12-7/h2-5H,11H2,1H3. The average Bonchev–Trinajstić information content (AvgIpc) is 2.28. The van der Waals surface area contributed by atoms with Gasteiger partial charge >= 0.3 is 5.69 Å². The van der Waals surface area contributed by atoms with Crippen LogP contribution in [0.4, 0.5) is 5.95 Å². The normalized spacial score (nSPS) is 10.3. The number of nitrogens with zero attached hydrogens (tertiary/aromatic N) is 5. The Morgan fingerprint density at radius 3 is 2.82 bits per heavy atom. The number of rotatable bonds is 2. The van der Waals surface area contributed by atoms with Crippen LogP contribution < -0.4 is 16.5 Å². The molecule has 2 aromatic heterocycles. The van der Waals surface area contributed by atoms with Crippen molar-refractivity contribution in [3.63, 3.8) is 0 Å². The van der Waals surface area contributed by atoms with Crippen LogP contribution in [0.25, 0.3) is 5.82 Å². The minimum Gasteiger partial charge on any atom is -0.282 e. The van der Waals surface area contributed by atoms with Gasteiger partial charge in [-0.2, -0.15) is 4.98 Å². The number of hydrazine groups is 1. The zero-order valence-electron chi connectivity index (χ0n) is 8.91. The Kier molecular flexibility index (Phi) is 3.03. The summed E-state index contributed by atoms with van der Waals surface area (Å²) in [6, 6.07) is 3.15. The second kappa shape index (κ2) is 4.48. The van der Waals surface area contributed by atoms with Crippen LogP contribution in [0.5, 0.6) is 0 Å². The van der Waals surface area contributed by atoms with Crippen molar-refractivity contribution in [3.8, 4) is 5.82 Å². The molecule has 2 N–H and O–H groups in total. The van der Waals surface area contributed by atoms with Gasteiger partial charge in [0.15, 0.2) is 0 Å². The summed E-state index contributed by atoms with van der Waals surface area (Å²) in [5, 5.41) is 1.62. The fourth-order valence-corrected chi connectivity index (χ4v) is 1.33. The second-order valence-electron chi connectivity index (χ2n) is 3.25. The molecule has 2 aromatic rings. The van der Waals surface area contributed by atoms with Gasteiger partial charge in [0.05, 0.1) is 0 Å². The van der Waals surface area contributed by atoms with Crippen molar-refractivity contribution in [1.82, 2.24) is 19.5 Å². The molecule has 0 saturated heterocycles. The number of halogens is 1. The molecule has 0 aliphatic carbocycles. The van der Waals surface area contributed by atoms with Crippen LogP contribution in [-0.2, 0) is 0 Å². The van der Waals surface area contributed by atoms with E-state index in [1.807, 2.05) is 0 Å². The number of hydrogen-bond acceptors (Lipinski definition) is 6. The fraction of sp³-hybridized carbons (Fsp3) is 0.111. The van der Waals surface area contributed by atoms with Crippen LogP contribution in [0.2, 0.25) is 5.02 Å². The highest BCUT2D eigenvalue weighted by Crippen LogP contribution is 2.10. The molecule has 0 fully saturated rings. The van der Waals surface area contributed by atoms with E-state index in [0.717, 1.165) is 5.01 Å². The SMILES string of the molecule is CN(N)c1ncn(-c2cc(Cl)ccn2)c(=O)n1. The van der Waals surface area contributed by atoms with Gasteiger partial charge in [0.1, 0.15) is 12.1 Å². The maximum atomic E-state index is 11.7. The number of aromatic nitrogens is 4. The second-order valence-corrected chi connectivity index (χ2v) is 3.69. The zero-order valence-corrected chi connectivity index (χ0v) is 9.66. The van der Waals surface area contributed by atoms with E-state index in [-0.39, 0.29) is 5.95 Å². The smallest absolute Gasteiger partial charge is 0.282 e. The van der Waals surface area contributed by atoms with Gasteiger partial charge in [-0.25, -0.2) is 25.2 Å². The van der Waals surface area contributed by atoms with Crippen molar-refractivity contribution in [3.05, 3.63) is 40.2 Å². The third-order valence-corrected chi connectivity index (χ3v) is 2.20. The molecule has 0 aromatic carbocycles. The molecule has 0 atom stereocenters. The molecule has 88 valence electrons. The highest BCUT2D eigenvalue weighted by molar-refractivity contribution is 6.30. The lowest BCUT2D eigenvalue weighted by molar-refractivity contribution is 0.804. The molecule has 0 bridgehead atoms. The summed E-state index contributed by atoms with van der Waals surface area (Å²) < 4.78 is 1.18. The zero-order chi connectivity index (χ0) is 12.4. The van der Waals surface area contributed by atoms with Gasteiger partial charge in [0.25, 0.3) is 0 Å². The Bertz CT molecular complexity index is 596. The average molecular weight is 253 g/mol. The number of anilines is 1. The molecular weight excluding hydrogens is 244 g/mol. The summed E-state index contributed by atoms with van der Waals surface area (Å²) in [6.07, 6.45) is 2.79. The Morgan fingerprint density at radius 1 is 1.47 bits per heavy atom. The lowest BCUT2D eigenvalue weighted by Gasteiger charge is -2.09. The first-order valence-corrected chi connectivity index (χ1v) is 5.02. The van der Waals surface area contributed by atoms with Crippen LogP contribution in [0.1, 0.15) is 0 Å². The van der Waals surface area contributed by atoms with Crippen molar-refractivity contribution < 1.29 is 0 Å². The molecular formula is C9H9ClN6O. The van der Waals surface area contributed by atoms with Gasteiger partial charge in [0, 0.05) is 24.3 Å². The van der Waals surface area contributed by atoms with E-state index in [0.29, 0.717) is 10.8 Å². The van der Waals surface area contributed by atoms with E-state index in [9.17, 15) is 4.79 Å². The van der Waals surface area contributed by atoms with Crippen LogP contribution in [0.3, 0.4) is 0 Å². The number of hydrogen-bond donors (Lipinski definition) is 1. The Labute approximate surface area is 101 Å². The summed E-state index contributed by atoms with van der Waals surface area (Å²) >= 11 is 5.80. The van der Waals surface area contributed by atoms with E-state index < -0.39 is 5.69 Å². The van der Waals surface area contributed by atoms with Gasteiger partial charge < -0.3 is 0 Å². The van der Waals surface area contributed by atoms with E-state index >= 15 is 0 Å². The fourth-order valence-electron chi connectivity index (χ4n) is 1.18. The van der Waals surface area contributed by atoms with E-state index in [1.54, 1.807) is 6.07 Å². The summed E-state index contributed by atoms with van der Waals surface area (Å²) in [5.41, 5.74) is -0.526. The molecule has 0 aliphatic rings. The van der Waals surface area contributed by atoms with Crippen molar-refractivity contribution >= 4 is 17.5 Å². The third-order valence-electron chi connectivity index (χ3n) is 1.96. The largest absolute Gasteiger partial charge is 0.357 e. The summed E-state index contributed by atoms with van der Waals surface area (Å²) in [5.74, 6) is 5.91. The highest BCUT2D eigenvalue weighted by atomic mass is 35.5. The molecule has 17 heavy (non-hydrogen) atoms. The maximum absolute atomic E-state index is 11.7. The minimum atomic E-state index is -0.526.